The first-order valence-electron chi connectivity index (χ1n) is 11.8. The van der Waals surface area contributed by atoms with Crippen molar-refractivity contribution in [1.29, 1.82) is 0 Å². The van der Waals surface area contributed by atoms with Crippen LogP contribution < -0.4 is 9.62 Å². The molecule has 182 valence electrons. The molecule has 0 aromatic heterocycles. The number of likely N-dealkylation sites (tertiary alicyclic amines) is 1. The number of nitrogens with zero attached hydrogens (tertiary/aromatic N) is 2. The topological polar surface area (TPSA) is 86.8 Å². The second-order valence-corrected chi connectivity index (χ2v) is 10.3. The molecule has 0 aliphatic carbocycles. The highest BCUT2D eigenvalue weighted by Gasteiger charge is 2.29. The molecule has 0 radical (unpaired) electrons. The van der Waals surface area contributed by atoms with Crippen molar-refractivity contribution in [3.8, 4) is 0 Å². The molecule has 4 rings (SSSR count). The van der Waals surface area contributed by atoms with Crippen LogP contribution in [0.1, 0.15) is 35.7 Å². The number of para-hydroxylation sites is 2. The molecule has 3 aromatic carbocycles. The van der Waals surface area contributed by atoms with Gasteiger partial charge in [0.1, 0.15) is 6.54 Å². The molecule has 0 atom stereocenters. The summed E-state index contributed by atoms with van der Waals surface area (Å²) >= 11 is 0. The van der Waals surface area contributed by atoms with E-state index >= 15 is 0 Å². The molecular weight excluding hydrogens is 462 g/mol. The number of sulfonamides is 1. The van der Waals surface area contributed by atoms with E-state index in [0.717, 1.165) is 22.7 Å². The van der Waals surface area contributed by atoms with E-state index in [1.165, 1.54) is 12.1 Å². The molecule has 0 saturated carbocycles. The van der Waals surface area contributed by atoms with Crippen LogP contribution >= 0.6 is 0 Å². The molecular formula is C27H29N3O4S. The largest absolute Gasteiger partial charge is 0.339 e. The van der Waals surface area contributed by atoms with Crippen molar-refractivity contribution in [1.82, 2.24) is 4.90 Å². The van der Waals surface area contributed by atoms with Gasteiger partial charge in [0.2, 0.25) is 5.91 Å². The number of nitrogens with one attached hydrogen (secondary N) is 1. The van der Waals surface area contributed by atoms with Gasteiger partial charge in [0.25, 0.3) is 15.9 Å². The molecule has 0 spiro atoms. The van der Waals surface area contributed by atoms with E-state index in [1.807, 2.05) is 19.1 Å². The van der Waals surface area contributed by atoms with Crippen molar-refractivity contribution >= 4 is 33.2 Å². The van der Waals surface area contributed by atoms with Crippen molar-refractivity contribution < 1.29 is 18.0 Å². The zero-order valence-electron chi connectivity index (χ0n) is 19.7. The standard InChI is InChI=1S/C27H29N3O4S/c1-2-21-12-6-9-17-25(21)30(35(33,34)22-13-4-3-5-14-22)20-26(31)28-24-16-8-7-15-23(24)27(32)29-18-10-11-19-29/h3-9,12-17H,2,10-11,18-20H2,1H3,(H,28,31). The number of carbonyl (C=O) groups excluding carboxylic acids is 2. The summed E-state index contributed by atoms with van der Waals surface area (Å²) < 4.78 is 28.4. The van der Waals surface area contributed by atoms with E-state index in [9.17, 15) is 18.0 Å². The number of hydrogen-bond acceptors (Lipinski definition) is 4. The second kappa shape index (κ2) is 10.7. The third-order valence-electron chi connectivity index (χ3n) is 6.08. The zero-order valence-corrected chi connectivity index (χ0v) is 20.5. The average molecular weight is 492 g/mol. The first-order valence-corrected chi connectivity index (χ1v) is 13.2. The Kier molecular flexibility index (Phi) is 7.51. The van der Waals surface area contributed by atoms with Crippen LogP contribution in [0.25, 0.3) is 0 Å². The summed E-state index contributed by atoms with van der Waals surface area (Å²) in [4.78, 5) is 28.1. The molecule has 8 heteroatoms. The van der Waals surface area contributed by atoms with Gasteiger partial charge in [0, 0.05) is 13.1 Å². The molecule has 35 heavy (non-hydrogen) atoms. The number of anilines is 2. The molecule has 1 saturated heterocycles. The minimum atomic E-state index is -4.02. The van der Waals surface area contributed by atoms with Gasteiger partial charge in [-0.3, -0.25) is 13.9 Å². The summed E-state index contributed by atoms with van der Waals surface area (Å²) in [5.74, 6) is -0.666. The van der Waals surface area contributed by atoms with Crippen molar-refractivity contribution in [2.75, 3.05) is 29.3 Å². The first kappa shape index (κ1) is 24.5. The molecule has 0 bridgehead atoms. The number of benzene rings is 3. The van der Waals surface area contributed by atoms with Gasteiger partial charge in [-0.25, -0.2) is 8.42 Å². The van der Waals surface area contributed by atoms with Crippen molar-refractivity contribution in [2.24, 2.45) is 0 Å². The van der Waals surface area contributed by atoms with Crippen LogP contribution in [0.4, 0.5) is 11.4 Å². The molecule has 0 unspecified atom stereocenters. The van der Waals surface area contributed by atoms with Crippen LogP contribution in [0.15, 0.2) is 83.8 Å². The van der Waals surface area contributed by atoms with Crippen molar-refractivity contribution in [3.05, 3.63) is 90.0 Å². The summed E-state index contributed by atoms with van der Waals surface area (Å²) in [6.45, 7) is 2.89. The number of carbonyl (C=O) groups is 2. The lowest BCUT2D eigenvalue weighted by Gasteiger charge is -2.26. The Balaban J connectivity index is 1.65. The molecule has 1 aliphatic rings. The molecule has 1 fully saturated rings. The number of hydrogen-bond donors (Lipinski definition) is 1. The summed E-state index contributed by atoms with van der Waals surface area (Å²) in [5.41, 5.74) is 2.03. The maximum atomic E-state index is 13.6. The van der Waals surface area contributed by atoms with Gasteiger partial charge in [-0.15, -0.1) is 0 Å². The fourth-order valence-electron chi connectivity index (χ4n) is 4.26. The Labute approximate surface area is 206 Å². The van der Waals surface area contributed by atoms with E-state index in [-0.39, 0.29) is 10.8 Å². The van der Waals surface area contributed by atoms with Gasteiger partial charge >= 0.3 is 0 Å². The molecule has 7 nitrogen and oxygen atoms in total. The molecule has 1 heterocycles. The van der Waals surface area contributed by atoms with Gasteiger partial charge in [0.15, 0.2) is 0 Å². The smallest absolute Gasteiger partial charge is 0.264 e. The van der Waals surface area contributed by atoms with Crippen LogP contribution in [0.3, 0.4) is 0 Å². The van der Waals surface area contributed by atoms with Gasteiger partial charge < -0.3 is 10.2 Å². The van der Waals surface area contributed by atoms with Crippen LogP contribution in [0.2, 0.25) is 0 Å². The van der Waals surface area contributed by atoms with Crippen LogP contribution in [-0.2, 0) is 21.2 Å². The maximum Gasteiger partial charge on any atom is 0.264 e. The normalized spacial score (nSPS) is 13.5. The Morgan fingerprint density at radius 3 is 2.23 bits per heavy atom. The molecule has 2 amide bonds. The summed E-state index contributed by atoms with van der Waals surface area (Å²) in [6, 6.07) is 22.1. The van der Waals surface area contributed by atoms with Crippen LogP contribution in [-0.4, -0.2) is 44.8 Å². The number of amides is 2. The summed E-state index contributed by atoms with van der Waals surface area (Å²) in [7, 11) is -4.02. The Morgan fingerprint density at radius 1 is 0.886 bits per heavy atom. The minimum Gasteiger partial charge on any atom is -0.339 e. The highest BCUT2D eigenvalue weighted by Crippen LogP contribution is 2.28. The quantitative estimate of drug-likeness (QED) is 0.509. The molecule has 1 aliphatic heterocycles. The van der Waals surface area contributed by atoms with Gasteiger partial charge in [-0.2, -0.15) is 0 Å². The molecule has 1 N–H and O–H groups in total. The Bertz CT molecular complexity index is 1300. The monoisotopic (exact) mass is 491 g/mol. The fraction of sp³-hybridized carbons (Fsp3) is 0.259. The van der Waals surface area contributed by atoms with E-state index < -0.39 is 22.5 Å². The average Bonchev–Trinajstić information content (AvgIpc) is 3.43. The summed E-state index contributed by atoms with van der Waals surface area (Å²) in [5, 5.41) is 2.78. The third-order valence-corrected chi connectivity index (χ3v) is 7.86. The van der Waals surface area contributed by atoms with E-state index in [4.69, 9.17) is 0 Å². The zero-order chi connectivity index (χ0) is 24.8. The predicted octanol–water partition coefficient (Wildman–Crippen LogP) is 4.32. The van der Waals surface area contributed by atoms with E-state index in [0.29, 0.717) is 36.4 Å². The van der Waals surface area contributed by atoms with E-state index in [1.54, 1.807) is 59.5 Å². The fourth-order valence-corrected chi connectivity index (χ4v) is 5.74. The lowest BCUT2D eigenvalue weighted by molar-refractivity contribution is -0.114. The highest BCUT2D eigenvalue weighted by molar-refractivity contribution is 7.92. The maximum absolute atomic E-state index is 13.6. The SMILES string of the molecule is CCc1ccccc1N(CC(=O)Nc1ccccc1C(=O)N1CCCC1)S(=O)(=O)c1ccccc1. The lowest BCUT2D eigenvalue weighted by atomic mass is 10.1. The summed E-state index contributed by atoms with van der Waals surface area (Å²) in [6.07, 6.45) is 2.53. The molecule has 3 aromatic rings. The predicted molar refractivity (Wildman–Crippen MR) is 137 cm³/mol. The number of aryl methyl sites for hydroxylation is 1. The van der Waals surface area contributed by atoms with Gasteiger partial charge in [-0.05, 0) is 55.2 Å². The van der Waals surface area contributed by atoms with Gasteiger partial charge in [0.05, 0.1) is 21.8 Å². The second-order valence-electron chi connectivity index (χ2n) is 8.40. The van der Waals surface area contributed by atoms with Crippen molar-refractivity contribution in [2.45, 2.75) is 31.1 Å². The van der Waals surface area contributed by atoms with Gasteiger partial charge in [-0.1, -0.05) is 55.5 Å². The Morgan fingerprint density at radius 2 is 1.51 bits per heavy atom. The lowest BCUT2D eigenvalue weighted by Crippen LogP contribution is -2.39. The Hall–Kier alpha value is -3.65. The number of rotatable bonds is 8. The highest BCUT2D eigenvalue weighted by atomic mass is 32.2. The first-order chi connectivity index (χ1) is 16.9. The van der Waals surface area contributed by atoms with Crippen LogP contribution in [0.5, 0.6) is 0 Å². The van der Waals surface area contributed by atoms with E-state index in [2.05, 4.69) is 5.32 Å². The van der Waals surface area contributed by atoms with Crippen LogP contribution in [0, 0.1) is 0 Å². The minimum absolute atomic E-state index is 0.100. The van der Waals surface area contributed by atoms with Crippen molar-refractivity contribution in [3.63, 3.8) is 0 Å². The third kappa shape index (κ3) is 5.38.